The van der Waals surface area contributed by atoms with Gasteiger partial charge in [-0.3, -0.25) is 0 Å². The Morgan fingerprint density at radius 1 is 1.14 bits per heavy atom. The van der Waals surface area contributed by atoms with Gasteiger partial charge < -0.3 is 15.1 Å². The van der Waals surface area contributed by atoms with Crippen LogP contribution in [0.1, 0.15) is 37.8 Å². The third kappa shape index (κ3) is 5.92. The van der Waals surface area contributed by atoms with Crippen LogP contribution in [-0.4, -0.2) is 17.3 Å². The predicted octanol–water partition coefficient (Wildman–Crippen LogP) is 4.16. The lowest BCUT2D eigenvalue weighted by atomic mass is 10.0. The van der Waals surface area contributed by atoms with Crippen LogP contribution < -0.4 is 0 Å². The lowest BCUT2D eigenvalue weighted by Gasteiger charge is -2.06. The Labute approximate surface area is 126 Å². The number of phenols is 2. The van der Waals surface area contributed by atoms with Crippen LogP contribution in [0.2, 0.25) is 0 Å². The van der Waals surface area contributed by atoms with Gasteiger partial charge in [-0.15, -0.1) is 0 Å². The molecule has 0 saturated carbocycles. The van der Waals surface area contributed by atoms with Crippen LogP contribution in [0.5, 0.6) is 11.5 Å². The highest BCUT2D eigenvalue weighted by Gasteiger charge is 2.04. The van der Waals surface area contributed by atoms with Gasteiger partial charge in [-0.1, -0.05) is 11.6 Å². The molecule has 0 bridgehead atoms. The standard InChI is InChI=1S/C17H24O4/c1-12(6-5-7-14(3)21-20-4)8-9-15-11-16(18)13(2)10-17(15)19/h7-8,10-11,18-19H,5-6,9H2,1-4H3/b12-8+,14-7+. The quantitative estimate of drug-likeness (QED) is 0.260. The number of allylic oxidation sites excluding steroid dienone is 4. The van der Waals surface area contributed by atoms with Crippen LogP contribution in [0.25, 0.3) is 0 Å². The third-order valence-corrected chi connectivity index (χ3v) is 3.25. The predicted molar refractivity (Wildman–Crippen MR) is 83.1 cm³/mol. The lowest BCUT2D eigenvalue weighted by molar-refractivity contribution is -0.236. The summed E-state index contributed by atoms with van der Waals surface area (Å²) in [5, 5.41) is 19.5. The number of hydrogen-bond acceptors (Lipinski definition) is 4. The number of benzene rings is 1. The summed E-state index contributed by atoms with van der Waals surface area (Å²) in [5.74, 6) is 1.18. The fourth-order valence-electron chi connectivity index (χ4n) is 1.94. The molecule has 0 radical (unpaired) electrons. The summed E-state index contributed by atoms with van der Waals surface area (Å²) in [6, 6.07) is 3.20. The zero-order valence-corrected chi connectivity index (χ0v) is 13.1. The monoisotopic (exact) mass is 292 g/mol. The molecule has 4 nitrogen and oxygen atoms in total. The Kier molecular flexibility index (Phi) is 6.82. The van der Waals surface area contributed by atoms with E-state index in [0.29, 0.717) is 12.0 Å². The second-order valence-corrected chi connectivity index (χ2v) is 5.13. The van der Waals surface area contributed by atoms with Gasteiger partial charge in [-0.25, -0.2) is 0 Å². The highest BCUT2D eigenvalue weighted by atomic mass is 17.2. The molecule has 0 aliphatic rings. The first-order chi connectivity index (χ1) is 9.93. The molecule has 4 heteroatoms. The van der Waals surface area contributed by atoms with Crippen molar-refractivity contribution >= 4 is 0 Å². The van der Waals surface area contributed by atoms with Gasteiger partial charge in [0, 0.05) is 5.56 Å². The van der Waals surface area contributed by atoms with E-state index < -0.39 is 0 Å². The highest BCUT2D eigenvalue weighted by Crippen LogP contribution is 2.27. The molecule has 0 aromatic heterocycles. The van der Waals surface area contributed by atoms with Gasteiger partial charge in [-0.2, -0.15) is 4.89 Å². The molecule has 0 atom stereocenters. The molecule has 1 rings (SSSR count). The first kappa shape index (κ1) is 17.1. The molecule has 0 unspecified atom stereocenters. The lowest BCUT2D eigenvalue weighted by Crippen LogP contribution is -1.88. The molecule has 1 aromatic rings. The second-order valence-electron chi connectivity index (χ2n) is 5.13. The van der Waals surface area contributed by atoms with Gasteiger partial charge in [0.2, 0.25) is 0 Å². The van der Waals surface area contributed by atoms with Crippen molar-refractivity contribution in [1.82, 2.24) is 0 Å². The Hall–Kier alpha value is -1.94. The molecule has 2 N–H and O–H groups in total. The van der Waals surface area contributed by atoms with Crippen LogP contribution in [0, 0.1) is 6.92 Å². The molecule has 116 valence electrons. The molecule has 21 heavy (non-hydrogen) atoms. The fourth-order valence-corrected chi connectivity index (χ4v) is 1.94. The number of aromatic hydroxyl groups is 2. The highest BCUT2D eigenvalue weighted by molar-refractivity contribution is 5.45. The van der Waals surface area contributed by atoms with E-state index in [2.05, 4.69) is 11.0 Å². The third-order valence-electron chi connectivity index (χ3n) is 3.25. The Balaban J connectivity index is 2.56. The minimum atomic E-state index is 0.212. The summed E-state index contributed by atoms with van der Waals surface area (Å²) in [6.07, 6.45) is 6.40. The molecule has 0 heterocycles. The summed E-state index contributed by atoms with van der Waals surface area (Å²) in [7, 11) is 1.48. The maximum absolute atomic E-state index is 9.86. The van der Waals surface area contributed by atoms with E-state index >= 15 is 0 Å². The van der Waals surface area contributed by atoms with Crippen molar-refractivity contribution in [2.75, 3.05) is 7.11 Å². The maximum atomic E-state index is 9.86. The van der Waals surface area contributed by atoms with Gasteiger partial charge in [-0.05, 0) is 63.8 Å². The zero-order valence-electron chi connectivity index (χ0n) is 13.1. The van der Waals surface area contributed by atoms with E-state index in [9.17, 15) is 10.2 Å². The van der Waals surface area contributed by atoms with E-state index in [1.807, 2.05) is 19.9 Å². The first-order valence-electron chi connectivity index (χ1n) is 6.98. The van der Waals surface area contributed by atoms with Gasteiger partial charge in [0.1, 0.15) is 17.3 Å². The van der Waals surface area contributed by atoms with Crippen LogP contribution >= 0.6 is 0 Å². The van der Waals surface area contributed by atoms with Crippen LogP contribution in [0.3, 0.4) is 0 Å². The summed E-state index contributed by atoms with van der Waals surface area (Å²) in [6.45, 7) is 5.65. The van der Waals surface area contributed by atoms with Crippen LogP contribution in [0.15, 0.2) is 35.6 Å². The van der Waals surface area contributed by atoms with E-state index in [1.54, 1.807) is 19.1 Å². The number of hydrogen-bond donors (Lipinski definition) is 2. The SMILES string of the molecule is COO/C(C)=C/CC/C(C)=C/Cc1cc(O)c(C)cc1O. The summed E-state index contributed by atoms with van der Waals surface area (Å²) in [4.78, 5) is 9.44. The van der Waals surface area contributed by atoms with E-state index in [0.717, 1.165) is 24.2 Å². The smallest absolute Gasteiger partial charge is 0.135 e. The van der Waals surface area contributed by atoms with E-state index in [4.69, 9.17) is 4.89 Å². The van der Waals surface area contributed by atoms with E-state index in [1.165, 1.54) is 12.7 Å². The van der Waals surface area contributed by atoms with Gasteiger partial charge in [0.25, 0.3) is 0 Å². The minimum Gasteiger partial charge on any atom is -0.508 e. The Bertz CT molecular complexity index is 530. The number of rotatable bonds is 7. The average Bonchev–Trinajstić information content (AvgIpc) is 2.41. The largest absolute Gasteiger partial charge is 0.508 e. The first-order valence-corrected chi connectivity index (χ1v) is 6.98. The average molecular weight is 292 g/mol. The number of phenolic OH excluding ortho intramolecular Hbond substituents is 2. The molecule has 0 aliphatic heterocycles. The van der Waals surface area contributed by atoms with Crippen molar-refractivity contribution in [2.45, 2.75) is 40.0 Å². The van der Waals surface area contributed by atoms with Crippen molar-refractivity contribution in [3.63, 3.8) is 0 Å². The Morgan fingerprint density at radius 2 is 1.86 bits per heavy atom. The topological polar surface area (TPSA) is 58.9 Å². The summed E-state index contributed by atoms with van der Waals surface area (Å²) in [5.41, 5.74) is 2.62. The minimum absolute atomic E-state index is 0.212. The molecular formula is C17H24O4. The Morgan fingerprint density at radius 3 is 2.52 bits per heavy atom. The van der Waals surface area contributed by atoms with Crippen LogP contribution in [0.4, 0.5) is 0 Å². The van der Waals surface area contributed by atoms with E-state index in [-0.39, 0.29) is 11.5 Å². The zero-order chi connectivity index (χ0) is 15.8. The molecular weight excluding hydrogens is 268 g/mol. The summed E-state index contributed by atoms with van der Waals surface area (Å²) >= 11 is 0. The van der Waals surface area contributed by atoms with Gasteiger partial charge in [0.05, 0.1) is 7.11 Å². The fraction of sp³-hybridized carbons (Fsp3) is 0.412. The van der Waals surface area contributed by atoms with Gasteiger partial charge in [0.15, 0.2) is 0 Å². The molecule has 0 fully saturated rings. The maximum Gasteiger partial charge on any atom is 0.135 e. The van der Waals surface area contributed by atoms with Crippen molar-refractivity contribution in [2.24, 2.45) is 0 Å². The normalized spacial score (nSPS) is 12.6. The molecule has 1 aromatic carbocycles. The van der Waals surface area contributed by atoms with Crippen molar-refractivity contribution in [3.8, 4) is 11.5 Å². The van der Waals surface area contributed by atoms with Crippen molar-refractivity contribution < 1.29 is 20.0 Å². The molecule has 0 amide bonds. The van der Waals surface area contributed by atoms with Crippen molar-refractivity contribution in [3.05, 3.63) is 46.7 Å². The van der Waals surface area contributed by atoms with Gasteiger partial charge >= 0.3 is 0 Å². The molecule has 0 saturated heterocycles. The van der Waals surface area contributed by atoms with Crippen molar-refractivity contribution in [1.29, 1.82) is 0 Å². The molecule has 0 aliphatic carbocycles. The molecule has 0 spiro atoms. The summed E-state index contributed by atoms with van der Waals surface area (Å²) < 4.78 is 0. The van der Waals surface area contributed by atoms with Crippen LogP contribution in [-0.2, 0) is 16.2 Å². The number of aryl methyl sites for hydroxylation is 1. The second kappa shape index (κ2) is 8.37.